The topological polar surface area (TPSA) is 12.5 Å². The van der Waals surface area contributed by atoms with Crippen LogP contribution >= 0.6 is 12.6 Å². The zero-order valence-corrected chi connectivity index (χ0v) is 8.02. The van der Waals surface area contributed by atoms with Crippen LogP contribution in [0.25, 0.3) is 0 Å². The van der Waals surface area contributed by atoms with Gasteiger partial charge < -0.3 is 4.74 Å². The van der Waals surface area contributed by atoms with Crippen molar-refractivity contribution in [3.05, 3.63) is 0 Å². The lowest BCUT2D eigenvalue weighted by Crippen LogP contribution is -2.36. The summed E-state index contributed by atoms with van der Waals surface area (Å²) in [7, 11) is 0. The molecule has 1 atom stereocenters. The van der Waals surface area contributed by atoms with Gasteiger partial charge in [-0.1, -0.05) is 6.92 Å². The van der Waals surface area contributed by atoms with Crippen molar-refractivity contribution in [2.24, 2.45) is 0 Å². The zero-order valence-electron chi connectivity index (χ0n) is 7.12. The summed E-state index contributed by atoms with van der Waals surface area (Å²) in [5.41, 5.74) is 0. The van der Waals surface area contributed by atoms with E-state index >= 15 is 0 Å². The van der Waals surface area contributed by atoms with Gasteiger partial charge >= 0.3 is 0 Å². The Labute approximate surface area is 74.3 Å². The number of likely N-dealkylation sites (N-methyl/N-ethyl adjacent to an activating group) is 1. The van der Waals surface area contributed by atoms with Crippen LogP contribution in [-0.4, -0.2) is 43.0 Å². The van der Waals surface area contributed by atoms with Gasteiger partial charge in [0.05, 0.1) is 6.61 Å². The molecule has 1 rings (SSSR count). The molecular weight excluding hydrogens is 158 g/mol. The van der Waals surface area contributed by atoms with E-state index in [1.165, 1.54) is 6.42 Å². The van der Waals surface area contributed by atoms with Crippen molar-refractivity contribution >= 4 is 12.6 Å². The van der Waals surface area contributed by atoms with E-state index in [0.29, 0.717) is 6.04 Å². The summed E-state index contributed by atoms with van der Waals surface area (Å²) in [6.45, 7) is 6.26. The van der Waals surface area contributed by atoms with Crippen molar-refractivity contribution in [3.63, 3.8) is 0 Å². The van der Waals surface area contributed by atoms with Crippen LogP contribution in [0.4, 0.5) is 0 Å². The lowest BCUT2D eigenvalue weighted by molar-refractivity contribution is 0.152. The number of nitrogens with zero attached hydrogens (tertiary/aromatic N) is 1. The zero-order chi connectivity index (χ0) is 8.10. The van der Waals surface area contributed by atoms with Crippen molar-refractivity contribution in [2.75, 3.05) is 32.1 Å². The Morgan fingerprint density at radius 1 is 1.64 bits per heavy atom. The minimum atomic E-state index is 0.659. The normalized spacial score (nSPS) is 24.8. The minimum Gasteiger partial charge on any atom is -0.380 e. The minimum absolute atomic E-state index is 0.659. The molecular formula is C8H17NOS. The first-order chi connectivity index (χ1) is 5.38. The van der Waals surface area contributed by atoms with E-state index in [9.17, 15) is 0 Å². The average Bonchev–Trinajstić information content (AvgIpc) is 2.52. The molecule has 1 saturated heterocycles. The third-order valence-electron chi connectivity index (χ3n) is 2.22. The number of ether oxygens (including phenoxy) is 1. The molecule has 0 radical (unpaired) electrons. The second-order valence-electron chi connectivity index (χ2n) is 2.87. The molecule has 0 bridgehead atoms. The van der Waals surface area contributed by atoms with Gasteiger partial charge in [0.25, 0.3) is 0 Å². The maximum atomic E-state index is 5.32. The van der Waals surface area contributed by atoms with Gasteiger partial charge in [-0.15, -0.1) is 0 Å². The SMILES string of the molecule is CCN(CCS)C1CCOC1. The van der Waals surface area contributed by atoms with E-state index in [4.69, 9.17) is 4.74 Å². The lowest BCUT2D eigenvalue weighted by atomic mass is 10.2. The first kappa shape index (κ1) is 9.36. The van der Waals surface area contributed by atoms with E-state index in [1.807, 2.05) is 0 Å². The summed E-state index contributed by atoms with van der Waals surface area (Å²) in [6.07, 6.45) is 1.20. The van der Waals surface area contributed by atoms with E-state index in [0.717, 1.165) is 32.1 Å². The summed E-state index contributed by atoms with van der Waals surface area (Å²) in [4.78, 5) is 2.44. The highest BCUT2D eigenvalue weighted by Crippen LogP contribution is 2.11. The lowest BCUT2D eigenvalue weighted by Gasteiger charge is -2.25. The Balaban J connectivity index is 2.27. The van der Waals surface area contributed by atoms with Gasteiger partial charge in [-0.3, -0.25) is 4.90 Å². The van der Waals surface area contributed by atoms with Gasteiger partial charge in [0, 0.05) is 24.9 Å². The van der Waals surface area contributed by atoms with Crippen LogP contribution in [0.2, 0.25) is 0 Å². The molecule has 3 heteroatoms. The predicted octanol–water partition coefficient (Wildman–Crippen LogP) is 1.03. The Kier molecular flexibility index (Phi) is 4.26. The number of rotatable bonds is 4. The molecule has 1 aliphatic heterocycles. The fourth-order valence-corrected chi connectivity index (χ4v) is 1.79. The molecule has 1 aliphatic rings. The summed E-state index contributed by atoms with van der Waals surface area (Å²) >= 11 is 4.22. The first-order valence-electron chi connectivity index (χ1n) is 4.31. The number of thiol groups is 1. The van der Waals surface area contributed by atoms with Crippen molar-refractivity contribution in [1.82, 2.24) is 4.90 Å². The third-order valence-corrected chi connectivity index (χ3v) is 2.42. The van der Waals surface area contributed by atoms with Crippen LogP contribution in [0, 0.1) is 0 Å². The van der Waals surface area contributed by atoms with Gasteiger partial charge in [-0.25, -0.2) is 0 Å². The molecule has 0 saturated carbocycles. The van der Waals surface area contributed by atoms with Crippen LogP contribution in [0.3, 0.4) is 0 Å². The average molecular weight is 175 g/mol. The van der Waals surface area contributed by atoms with Crippen LogP contribution in [0.15, 0.2) is 0 Å². The fourth-order valence-electron chi connectivity index (χ4n) is 1.54. The molecule has 0 N–H and O–H groups in total. The third kappa shape index (κ3) is 2.65. The van der Waals surface area contributed by atoms with E-state index in [1.54, 1.807) is 0 Å². The maximum Gasteiger partial charge on any atom is 0.0622 e. The molecule has 0 aliphatic carbocycles. The van der Waals surface area contributed by atoms with Crippen LogP contribution in [-0.2, 0) is 4.74 Å². The Morgan fingerprint density at radius 3 is 2.91 bits per heavy atom. The molecule has 1 heterocycles. The molecule has 0 spiro atoms. The fraction of sp³-hybridized carbons (Fsp3) is 1.00. The first-order valence-corrected chi connectivity index (χ1v) is 4.94. The van der Waals surface area contributed by atoms with Crippen LogP contribution < -0.4 is 0 Å². The molecule has 0 aromatic heterocycles. The van der Waals surface area contributed by atoms with E-state index in [-0.39, 0.29) is 0 Å². The molecule has 0 aromatic carbocycles. The Hall–Kier alpha value is 0.270. The Morgan fingerprint density at radius 2 is 2.45 bits per heavy atom. The van der Waals surface area contributed by atoms with E-state index in [2.05, 4.69) is 24.5 Å². The second kappa shape index (κ2) is 5.01. The van der Waals surface area contributed by atoms with Crippen molar-refractivity contribution < 1.29 is 4.74 Å². The van der Waals surface area contributed by atoms with Crippen LogP contribution in [0.1, 0.15) is 13.3 Å². The van der Waals surface area contributed by atoms with Gasteiger partial charge in [0.2, 0.25) is 0 Å². The highest BCUT2D eigenvalue weighted by molar-refractivity contribution is 7.80. The molecule has 2 nitrogen and oxygen atoms in total. The quantitative estimate of drug-likeness (QED) is 0.641. The Bertz CT molecular complexity index is 104. The van der Waals surface area contributed by atoms with Crippen LogP contribution in [0.5, 0.6) is 0 Å². The number of hydrogen-bond acceptors (Lipinski definition) is 3. The summed E-state index contributed by atoms with van der Waals surface area (Å²) in [5, 5.41) is 0. The van der Waals surface area contributed by atoms with Crippen molar-refractivity contribution in [3.8, 4) is 0 Å². The molecule has 1 fully saturated rings. The molecule has 66 valence electrons. The van der Waals surface area contributed by atoms with Crippen molar-refractivity contribution in [2.45, 2.75) is 19.4 Å². The van der Waals surface area contributed by atoms with Crippen molar-refractivity contribution in [1.29, 1.82) is 0 Å². The molecule has 0 amide bonds. The predicted molar refractivity (Wildman–Crippen MR) is 50.3 cm³/mol. The smallest absolute Gasteiger partial charge is 0.0622 e. The second-order valence-corrected chi connectivity index (χ2v) is 3.32. The summed E-state index contributed by atoms with van der Waals surface area (Å²) in [6, 6.07) is 0.659. The standard InChI is InChI=1S/C8H17NOS/c1-2-9(4-6-11)8-3-5-10-7-8/h8,11H,2-7H2,1H3. The van der Waals surface area contributed by atoms with E-state index < -0.39 is 0 Å². The largest absolute Gasteiger partial charge is 0.380 e. The van der Waals surface area contributed by atoms with Gasteiger partial charge in [-0.2, -0.15) is 12.6 Å². The summed E-state index contributed by atoms with van der Waals surface area (Å²) < 4.78 is 5.32. The summed E-state index contributed by atoms with van der Waals surface area (Å²) in [5.74, 6) is 0.949. The highest BCUT2D eigenvalue weighted by Gasteiger charge is 2.20. The number of hydrogen-bond donors (Lipinski definition) is 1. The van der Waals surface area contributed by atoms with Gasteiger partial charge in [0.15, 0.2) is 0 Å². The molecule has 11 heavy (non-hydrogen) atoms. The highest BCUT2D eigenvalue weighted by atomic mass is 32.1. The monoisotopic (exact) mass is 175 g/mol. The molecule has 1 unspecified atom stereocenters. The molecule has 0 aromatic rings. The van der Waals surface area contributed by atoms with Gasteiger partial charge in [-0.05, 0) is 13.0 Å². The maximum absolute atomic E-state index is 5.32. The van der Waals surface area contributed by atoms with Gasteiger partial charge in [0.1, 0.15) is 0 Å².